The minimum absolute atomic E-state index is 0.0156. The van der Waals surface area contributed by atoms with Gasteiger partial charge in [-0.25, -0.2) is 13.1 Å². The molecule has 24 heavy (non-hydrogen) atoms. The van der Waals surface area contributed by atoms with Crippen LogP contribution >= 0.6 is 0 Å². The van der Waals surface area contributed by atoms with Gasteiger partial charge in [-0.05, 0) is 63.6 Å². The third kappa shape index (κ3) is 4.46. The number of hydrogen-bond acceptors (Lipinski definition) is 4. The second kappa shape index (κ2) is 7.19. The summed E-state index contributed by atoms with van der Waals surface area (Å²) < 4.78 is 32.7. The molecule has 0 aliphatic heterocycles. The average Bonchev–Trinajstić information content (AvgIpc) is 2.45. The monoisotopic (exact) mass is 350 g/mol. The van der Waals surface area contributed by atoms with Crippen LogP contribution in [0, 0.1) is 13.8 Å². The van der Waals surface area contributed by atoms with Gasteiger partial charge in [-0.3, -0.25) is 4.79 Å². The predicted octanol–water partition coefficient (Wildman–Crippen LogP) is 2.26. The number of benzene rings is 1. The van der Waals surface area contributed by atoms with Gasteiger partial charge in [-0.15, -0.1) is 0 Å². The Morgan fingerprint density at radius 1 is 1.17 bits per heavy atom. The summed E-state index contributed by atoms with van der Waals surface area (Å²) in [5.74, 6) is 0.606. The van der Waals surface area contributed by atoms with E-state index >= 15 is 0 Å². The van der Waals surface area contributed by atoms with Gasteiger partial charge in [0.25, 0.3) is 5.56 Å². The fourth-order valence-electron chi connectivity index (χ4n) is 2.32. The highest BCUT2D eigenvalue weighted by atomic mass is 32.2. The van der Waals surface area contributed by atoms with Crippen LogP contribution in [0.3, 0.4) is 0 Å². The summed E-state index contributed by atoms with van der Waals surface area (Å²) in [7, 11) is -3.71. The molecule has 0 aliphatic rings. The zero-order valence-corrected chi connectivity index (χ0v) is 15.0. The van der Waals surface area contributed by atoms with Crippen LogP contribution < -0.4 is 15.0 Å². The van der Waals surface area contributed by atoms with E-state index in [1.54, 1.807) is 26.0 Å². The number of H-pyrrole nitrogens is 1. The molecule has 0 aliphatic carbocycles. The smallest absolute Gasteiger partial charge is 0.252 e. The maximum Gasteiger partial charge on any atom is 0.252 e. The molecule has 6 nitrogen and oxygen atoms in total. The van der Waals surface area contributed by atoms with Gasteiger partial charge in [-0.1, -0.05) is 0 Å². The van der Waals surface area contributed by atoms with Crippen molar-refractivity contribution in [2.75, 3.05) is 0 Å². The minimum atomic E-state index is -3.71. The van der Waals surface area contributed by atoms with E-state index in [1.807, 2.05) is 19.9 Å². The van der Waals surface area contributed by atoms with Crippen molar-refractivity contribution in [3.05, 3.63) is 57.5 Å². The van der Waals surface area contributed by atoms with Gasteiger partial charge in [0.2, 0.25) is 10.0 Å². The lowest BCUT2D eigenvalue weighted by Gasteiger charge is -2.11. The summed E-state index contributed by atoms with van der Waals surface area (Å²) in [6.45, 7) is 7.29. The highest BCUT2D eigenvalue weighted by Crippen LogP contribution is 2.17. The van der Waals surface area contributed by atoms with Gasteiger partial charge in [0, 0.05) is 17.8 Å². The maximum absolute atomic E-state index is 12.4. The second-order valence-corrected chi connectivity index (χ2v) is 7.67. The number of hydrogen-bond donors (Lipinski definition) is 2. The Morgan fingerprint density at radius 3 is 2.33 bits per heavy atom. The molecule has 1 aromatic carbocycles. The standard InChI is InChI=1S/C17H22N2O4S/c1-11(2)23-14-5-7-15(8-6-14)24(21,22)18-10-16-12(3)9-13(4)19-17(16)20/h5-9,11,18H,10H2,1-4H3,(H,19,20). The van der Waals surface area contributed by atoms with Crippen molar-refractivity contribution >= 4 is 10.0 Å². The first-order chi connectivity index (χ1) is 11.2. The molecule has 2 rings (SSSR count). The Hall–Kier alpha value is -2.12. The molecular weight excluding hydrogens is 328 g/mol. The number of ether oxygens (including phenoxy) is 1. The third-order valence-corrected chi connectivity index (χ3v) is 4.86. The molecule has 0 saturated carbocycles. The van der Waals surface area contributed by atoms with Crippen LogP contribution in [0.5, 0.6) is 5.75 Å². The number of sulfonamides is 1. The van der Waals surface area contributed by atoms with E-state index in [0.717, 1.165) is 11.3 Å². The number of aryl methyl sites for hydroxylation is 2. The summed E-state index contributed by atoms with van der Waals surface area (Å²) in [4.78, 5) is 14.8. The first-order valence-corrected chi connectivity index (χ1v) is 9.13. The fourth-order valence-corrected chi connectivity index (χ4v) is 3.32. The number of aromatic nitrogens is 1. The lowest BCUT2D eigenvalue weighted by Crippen LogP contribution is -2.28. The molecule has 1 heterocycles. The number of rotatable bonds is 6. The van der Waals surface area contributed by atoms with Crippen molar-refractivity contribution in [1.82, 2.24) is 9.71 Å². The number of aromatic amines is 1. The molecule has 0 spiro atoms. The largest absolute Gasteiger partial charge is 0.491 e. The molecule has 130 valence electrons. The van der Waals surface area contributed by atoms with Crippen LogP contribution in [0.4, 0.5) is 0 Å². The van der Waals surface area contributed by atoms with Gasteiger partial charge in [-0.2, -0.15) is 0 Å². The van der Waals surface area contributed by atoms with E-state index in [9.17, 15) is 13.2 Å². The van der Waals surface area contributed by atoms with Crippen molar-refractivity contribution in [1.29, 1.82) is 0 Å². The van der Waals surface area contributed by atoms with E-state index in [0.29, 0.717) is 11.3 Å². The highest BCUT2D eigenvalue weighted by Gasteiger charge is 2.16. The fraction of sp³-hybridized carbons (Fsp3) is 0.353. The average molecular weight is 350 g/mol. The molecule has 1 aromatic heterocycles. The van der Waals surface area contributed by atoms with Gasteiger partial charge in [0.05, 0.1) is 11.0 Å². The first kappa shape index (κ1) is 18.2. The first-order valence-electron chi connectivity index (χ1n) is 7.65. The lowest BCUT2D eigenvalue weighted by atomic mass is 10.1. The minimum Gasteiger partial charge on any atom is -0.491 e. The molecule has 0 radical (unpaired) electrons. The molecule has 2 aromatic rings. The van der Waals surface area contributed by atoms with E-state index in [2.05, 4.69) is 9.71 Å². The van der Waals surface area contributed by atoms with Crippen molar-refractivity contribution in [2.24, 2.45) is 0 Å². The van der Waals surface area contributed by atoms with Gasteiger partial charge >= 0.3 is 0 Å². The molecular formula is C17H22N2O4S. The molecule has 0 atom stereocenters. The second-order valence-electron chi connectivity index (χ2n) is 5.91. The van der Waals surface area contributed by atoms with Crippen molar-refractivity contribution in [3.8, 4) is 5.75 Å². The Balaban J connectivity index is 2.16. The van der Waals surface area contributed by atoms with Crippen molar-refractivity contribution in [2.45, 2.75) is 45.2 Å². The van der Waals surface area contributed by atoms with Crippen LogP contribution in [-0.2, 0) is 16.6 Å². The summed E-state index contributed by atoms with van der Waals surface area (Å²) in [5.41, 5.74) is 1.62. The van der Waals surface area contributed by atoms with Crippen LogP contribution in [0.15, 0.2) is 40.0 Å². The van der Waals surface area contributed by atoms with Crippen LogP contribution in [0.25, 0.3) is 0 Å². The maximum atomic E-state index is 12.4. The number of nitrogens with one attached hydrogen (secondary N) is 2. The van der Waals surface area contributed by atoms with Crippen molar-refractivity contribution in [3.63, 3.8) is 0 Å². The zero-order chi connectivity index (χ0) is 17.9. The molecule has 0 fully saturated rings. The predicted molar refractivity (Wildman–Crippen MR) is 92.8 cm³/mol. The topological polar surface area (TPSA) is 88.3 Å². The highest BCUT2D eigenvalue weighted by molar-refractivity contribution is 7.89. The van der Waals surface area contributed by atoms with Gasteiger partial charge in [0.15, 0.2) is 0 Å². The normalized spacial score (nSPS) is 11.7. The lowest BCUT2D eigenvalue weighted by molar-refractivity contribution is 0.242. The number of pyridine rings is 1. The summed E-state index contributed by atoms with van der Waals surface area (Å²) in [5, 5.41) is 0. The SMILES string of the molecule is Cc1cc(C)c(CNS(=O)(=O)c2ccc(OC(C)C)cc2)c(=O)[nH]1. The van der Waals surface area contributed by atoms with E-state index in [-0.39, 0.29) is 23.1 Å². The Labute approximate surface area is 141 Å². The van der Waals surface area contributed by atoms with Crippen molar-refractivity contribution < 1.29 is 13.2 Å². The Bertz CT molecular complexity index is 868. The molecule has 0 bridgehead atoms. The van der Waals surface area contributed by atoms with Gasteiger partial charge in [0.1, 0.15) is 5.75 Å². The Kier molecular flexibility index (Phi) is 5.46. The van der Waals surface area contributed by atoms with E-state index in [1.165, 1.54) is 12.1 Å². The zero-order valence-electron chi connectivity index (χ0n) is 14.2. The summed E-state index contributed by atoms with van der Waals surface area (Å²) in [6, 6.07) is 7.98. The Morgan fingerprint density at radius 2 is 1.79 bits per heavy atom. The summed E-state index contributed by atoms with van der Waals surface area (Å²) in [6.07, 6.45) is 0.0156. The van der Waals surface area contributed by atoms with E-state index in [4.69, 9.17) is 4.74 Å². The van der Waals surface area contributed by atoms with Crippen LogP contribution in [-0.4, -0.2) is 19.5 Å². The molecule has 0 amide bonds. The molecule has 0 unspecified atom stereocenters. The van der Waals surface area contributed by atoms with Gasteiger partial charge < -0.3 is 9.72 Å². The third-order valence-electron chi connectivity index (χ3n) is 3.44. The molecule has 2 N–H and O–H groups in total. The van der Waals surface area contributed by atoms with Crippen LogP contribution in [0.2, 0.25) is 0 Å². The molecule has 7 heteroatoms. The molecule has 0 saturated heterocycles. The van der Waals surface area contributed by atoms with Crippen LogP contribution in [0.1, 0.15) is 30.7 Å². The summed E-state index contributed by atoms with van der Waals surface area (Å²) >= 11 is 0. The van der Waals surface area contributed by atoms with E-state index < -0.39 is 10.0 Å². The quantitative estimate of drug-likeness (QED) is 0.836.